The van der Waals surface area contributed by atoms with Gasteiger partial charge in [0.15, 0.2) is 11.5 Å². The van der Waals surface area contributed by atoms with Gasteiger partial charge in [0.25, 0.3) is 5.91 Å². The number of amides is 1. The van der Waals surface area contributed by atoms with E-state index in [1.54, 1.807) is 12.1 Å². The maximum Gasteiger partial charge on any atom is 0.254 e. The molecule has 2 N–H and O–H groups in total. The van der Waals surface area contributed by atoms with Crippen LogP contribution in [0.5, 0.6) is 11.5 Å². The highest BCUT2D eigenvalue weighted by molar-refractivity contribution is 6.32. The van der Waals surface area contributed by atoms with Gasteiger partial charge in [-0.1, -0.05) is 18.5 Å². The minimum Gasteiger partial charge on any atom is -0.490 e. The van der Waals surface area contributed by atoms with E-state index in [1.807, 2.05) is 18.7 Å². The van der Waals surface area contributed by atoms with Crippen molar-refractivity contribution < 1.29 is 14.3 Å². The molecule has 1 saturated heterocycles. The van der Waals surface area contributed by atoms with Gasteiger partial charge in [-0.15, -0.1) is 12.4 Å². The topological polar surface area (TPSA) is 64.8 Å². The van der Waals surface area contributed by atoms with Crippen LogP contribution in [0.1, 0.15) is 43.5 Å². The highest BCUT2D eigenvalue weighted by atomic mass is 35.5. The van der Waals surface area contributed by atoms with Gasteiger partial charge in [0.2, 0.25) is 0 Å². The maximum absolute atomic E-state index is 12.7. The third-order valence-electron chi connectivity index (χ3n) is 3.83. The van der Waals surface area contributed by atoms with E-state index in [0.717, 1.165) is 19.3 Å². The Morgan fingerprint density at radius 2 is 1.96 bits per heavy atom. The fourth-order valence-electron chi connectivity index (χ4n) is 2.58. The van der Waals surface area contributed by atoms with Crippen molar-refractivity contribution in [2.45, 2.75) is 39.2 Å². The minimum absolute atomic E-state index is 0. The zero-order chi connectivity index (χ0) is 16.8. The lowest BCUT2D eigenvalue weighted by molar-refractivity contribution is 0.0714. The van der Waals surface area contributed by atoms with Crippen molar-refractivity contribution in [3.05, 3.63) is 22.7 Å². The summed E-state index contributed by atoms with van der Waals surface area (Å²) in [7, 11) is 0. The lowest BCUT2D eigenvalue weighted by atomic mass is 10.0. The third kappa shape index (κ3) is 5.16. The van der Waals surface area contributed by atoms with E-state index in [9.17, 15) is 4.79 Å². The summed E-state index contributed by atoms with van der Waals surface area (Å²) in [5, 5.41) is 0.404. The summed E-state index contributed by atoms with van der Waals surface area (Å²) in [5.41, 5.74) is 6.42. The van der Waals surface area contributed by atoms with E-state index in [2.05, 4.69) is 0 Å². The molecule has 1 amide bonds. The third-order valence-corrected chi connectivity index (χ3v) is 4.11. The highest BCUT2D eigenvalue weighted by Gasteiger charge is 2.24. The van der Waals surface area contributed by atoms with Gasteiger partial charge in [-0.25, -0.2) is 0 Å². The summed E-state index contributed by atoms with van der Waals surface area (Å²) in [6.07, 6.45) is 2.53. The Kier molecular flexibility index (Phi) is 8.67. The molecule has 1 aliphatic rings. The van der Waals surface area contributed by atoms with E-state index in [1.165, 1.54) is 0 Å². The maximum atomic E-state index is 12.7. The first-order chi connectivity index (χ1) is 11.1. The van der Waals surface area contributed by atoms with E-state index >= 15 is 0 Å². The molecule has 0 saturated carbocycles. The number of rotatable bonds is 6. The number of nitrogens with two attached hydrogens (primary N) is 1. The molecule has 1 aromatic carbocycles. The molecule has 1 fully saturated rings. The van der Waals surface area contributed by atoms with Crippen LogP contribution >= 0.6 is 24.0 Å². The van der Waals surface area contributed by atoms with Gasteiger partial charge >= 0.3 is 0 Å². The number of piperidine rings is 1. The highest BCUT2D eigenvalue weighted by Crippen LogP contribution is 2.37. The van der Waals surface area contributed by atoms with Crippen LogP contribution in [0.3, 0.4) is 0 Å². The largest absolute Gasteiger partial charge is 0.490 e. The monoisotopic (exact) mass is 376 g/mol. The average molecular weight is 377 g/mol. The van der Waals surface area contributed by atoms with Crippen molar-refractivity contribution >= 4 is 29.9 Å². The number of likely N-dealkylation sites (tertiary alicyclic amines) is 1. The van der Waals surface area contributed by atoms with Crippen molar-refractivity contribution in [3.63, 3.8) is 0 Å². The zero-order valence-electron chi connectivity index (χ0n) is 14.2. The van der Waals surface area contributed by atoms with Crippen molar-refractivity contribution in [3.8, 4) is 11.5 Å². The van der Waals surface area contributed by atoms with E-state index in [-0.39, 0.29) is 24.4 Å². The molecule has 1 aromatic rings. The fraction of sp³-hybridized carbons (Fsp3) is 0.588. The second-order valence-electron chi connectivity index (χ2n) is 5.70. The molecule has 1 aliphatic heterocycles. The zero-order valence-corrected chi connectivity index (χ0v) is 15.8. The Morgan fingerprint density at radius 1 is 1.29 bits per heavy atom. The SMILES string of the molecule is CCCOc1c(Cl)cc(C(=O)N2CCC(N)CC2)cc1OCC.Cl. The number of carbonyl (C=O) groups is 1. The molecule has 5 nitrogen and oxygen atoms in total. The molecular weight excluding hydrogens is 351 g/mol. The predicted molar refractivity (Wildman–Crippen MR) is 98.8 cm³/mol. The van der Waals surface area contributed by atoms with Crippen molar-refractivity contribution in [1.29, 1.82) is 0 Å². The van der Waals surface area contributed by atoms with Crippen LogP contribution in [0.25, 0.3) is 0 Å². The van der Waals surface area contributed by atoms with Crippen LogP contribution in [0.2, 0.25) is 5.02 Å². The standard InChI is InChI=1S/C17H25ClN2O3.ClH/c1-3-9-23-16-14(18)10-12(11-15(16)22-4-2)17(21)20-7-5-13(19)6-8-20;/h10-11,13H,3-9,19H2,1-2H3;1H. The number of ether oxygens (including phenoxy) is 2. The van der Waals surface area contributed by atoms with Crippen LogP contribution in [0, 0.1) is 0 Å². The molecule has 136 valence electrons. The molecule has 1 heterocycles. The molecule has 0 aromatic heterocycles. The van der Waals surface area contributed by atoms with Gasteiger partial charge in [-0.05, 0) is 38.3 Å². The Hall–Kier alpha value is -1.17. The molecule has 0 unspecified atom stereocenters. The minimum atomic E-state index is -0.0400. The molecule has 0 aliphatic carbocycles. The molecule has 2 rings (SSSR count). The molecule has 0 bridgehead atoms. The number of hydrogen-bond acceptors (Lipinski definition) is 4. The summed E-state index contributed by atoms with van der Waals surface area (Å²) in [6, 6.07) is 3.56. The Balaban J connectivity index is 0.00000288. The number of carbonyl (C=O) groups excluding carboxylic acids is 1. The first-order valence-electron chi connectivity index (χ1n) is 8.20. The first kappa shape index (κ1) is 20.9. The van der Waals surface area contributed by atoms with Crippen molar-refractivity contribution in [2.75, 3.05) is 26.3 Å². The summed E-state index contributed by atoms with van der Waals surface area (Å²) in [5.74, 6) is 0.986. The Bertz CT molecular complexity index is 547. The summed E-state index contributed by atoms with van der Waals surface area (Å²) in [6.45, 7) is 6.29. The molecule has 0 radical (unpaired) electrons. The Labute approximate surface area is 154 Å². The summed E-state index contributed by atoms with van der Waals surface area (Å²) in [4.78, 5) is 14.5. The smallest absolute Gasteiger partial charge is 0.254 e. The Morgan fingerprint density at radius 3 is 2.54 bits per heavy atom. The molecule has 7 heteroatoms. The van der Waals surface area contributed by atoms with Crippen LogP contribution in [0.15, 0.2) is 12.1 Å². The van der Waals surface area contributed by atoms with Crippen LogP contribution in [-0.4, -0.2) is 43.2 Å². The van der Waals surface area contributed by atoms with Gasteiger partial charge in [0, 0.05) is 24.7 Å². The lowest BCUT2D eigenvalue weighted by Gasteiger charge is -2.30. The van der Waals surface area contributed by atoms with Gasteiger partial charge in [-0.2, -0.15) is 0 Å². The van der Waals surface area contributed by atoms with Gasteiger partial charge in [0.05, 0.1) is 18.2 Å². The lowest BCUT2D eigenvalue weighted by Crippen LogP contribution is -2.42. The summed E-state index contributed by atoms with van der Waals surface area (Å²) < 4.78 is 11.3. The number of halogens is 2. The van der Waals surface area contributed by atoms with Crippen LogP contribution < -0.4 is 15.2 Å². The normalized spacial score (nSPS) is 14.9. The molecule has 0 atom stereocenters. The van der Waals surface area contributed by atoms with Crippen molar-refractivity contribution in [1.82, 2.24) is 4.90 Å². The average Bonchev–Trinajstić information content (AvgIpc) is 2.54. The van der Waals surface area contributed by atoms with E-state index in [4.69, 9.17) is 26.8 Å². The summed E-state index contributed by atoms with van der Waals surface area (Å²) >= 11 is 6.32. The van der Waals surface area contributed by atoms with Gasteiger partial charge < -0.3 is 20.1 Å². The van der Waals surface area contributed by atoms with Crippen LogP contribution in [0.4, 0.5) is 0 Å². The fourth-order valence-corrected chi connectivity index (χ4v) is 2.85. The number of benzene rings is 1. The molecule has 0 spiro atoms. The van der Waals surface area contributed by atoms with E-state index in [0.29, 0.717) is 48.4 Å². The molecular formula is C17H26Cl2N2O3. The van der Waals surface area contributed by atoms with E-state index < -0.39 is 0 Å². The first-order valence-corrected chi connectivity index (χ1v) is 8.58. The number of nitrogens with zero attached hydrogens (tertiary/aromatic N) is 1. The second kappa shape index (κ2) is 9.97. The van der Waals surface area contributed by atoms with Gasteiger partial charge in [-0.3, -0.25) is 4.79 Å². The van der Waals surface area contributed by atoms with Crippen LogP contribution in [-0.2, 0) is 0 Å². The molecule has 24 heavy (non-hydrogen) atoms. The van der Waals surface area contributed by atoms with Crippen molar-refractivity contribution in [2.24, 2.45) is 5.73 Å². The predicted octanol–water partition coefficient (Wildman–Crippen LogP) is 3.51. The quantitative estimate of drug-likeness (QED) is 0.824. The second-order valence-corrected chi connectivity index (χ2v) is 6.10. The van der Waals surface area contributed by atoms with Gasteiger partial charge in [0.1, 0.15) is 0 Å². The number of hydrogen-bond donors (Lipinski definition) is 1.